The fraction of sp³-hybridized carbons (Fsp3) is 0.625. The second-order valence-corrected chi connectivity index (χ2v) is 5.51. The first kappa shape index (κ1) is 14.7. The molecule has 3 unspecified atom stereocenters. The molecule has 106 valence electrons. The number of hydrogen-bond donors (Lipinski definition) is 0. The lowest BCUT2D eigenvalue weighted by Crippen LogP contribution is -2.06. The first-order valence-electron chi connectivity index (χ1n) is 7.27. The van der Waals surface area contributed by atoms with Crippen molar-refractivity contribution in [1.29, 1.82) is 0 Å². The third-order valence-electron chi connectivity index (χ3n) is 3.81. The molecular formula is C16H23ClO2. The molecule has 2 nitrogen and oxygen atoms in total. The maximum Gasteiger partial charge on any atom is 0.122 e. The van der Waals surface area contributed by atoms with Gasteiger partial charge in [0.1, 0.15) is 5.75 Å². The summed E-state index contributed by atoms with van der Waals surface area (Å²) < 4.78 is 11.4. The molecule has 3 atom stereocenters. The highest BCUT2D eigenvalue weighted by Crippen LogP contribution is 2.40. The molecule has 1 saturated heterocycles. The summed E-state index contributed by atoms with van der Waals surface area (Å²) in [6.07, 6.45) is 4.13. The normalized spacial score (nSPS) is 23.2. The molecule has 0 N–H and O–H groups in total. The van der Waals surface area contributed by atoms with Crippen molar-refractivity contribution in [2.24, 2.45) is 0 Å². The molecule has 1 aromatic carbocycles. The van der Waals surface area contributed by atoms with Gasteiger partial charge in [0.25, 0.3) is 0 Å². The van der Waals surface area contributed by atoms with Crippen LogP contribution in [0.2, 0.25) is 5.02 Å². The van der Waals surface area contributed by atoms with Gasteiger partial charge in [0.2, 0.25) is 0 Å². The fourth-order valence-electron chi connectivity index (χ4n) is 2.66. The van der Waals surface area contributed by atoms with Gasteiger partial charge in [0, 0.05) is 5.02 Å². The molecule has 3 heteroatoms. The van der Waals surface area contributed by atoms with E-state index in [1.165, 1.54) is 5.56 Å². The Hall–Kier alpha value is -0.730. The van der Waals surface area contributed by atoms with Crippen LogP contribution in [-0.2, 0) is 4.74 Å². The highest BCUT2D eigenvalue weighted by molar-refractivity contribution is 6.30. The maximum absolute atomic E-state index is 6.14. The van der Waals surface area contributed by atoms with Crippen LogP contribution >= 0.6 is 11.6 Å². The topological polar surface area (TPSA) is 21.8 Å². The van der Waals surface area contributed by atoms with Crippen molar-refractivity contribution in [2.45, 2.75) is 58.2 Å². The Kier molecular flexibility index (Phi) is 5.12. The van der Waals surface area contributed by atoms with Crippen LogP contribution in [0.5, 0.6) is 5.75 Å². The van der Waals surface area contributed by atoms with Crippen molar-refractivity contribution in [2.75, 3.05) is 6.61 Å². The molecule has 2 rings (SSSR count). The Morgan fingerprint density at radius 3 is 2.63 bits per heavy atom. The van der Waals surface area contributed by atoms with Gasteiger partial charge in [-0.25, -0.2) is 0 Å². The van der Waals surface area contributed by atoms with E-state index in [4.69, 9.17) is 21.1 Å². The van der Waals surface area contributed by atoms with Crippen molar-refractivity contribution < 1.29 is 9.47 Å². The Bertz CT molecular complexity index is 419. The van der Waals surface area contributed by atoms with Gasteiger partial charge in [-0.3, -0.25) is 0 Å². The van der Waals surface area contributed by atoms with E-state index in [1.54, 1.807) is 0 Å². The molecule has 0 saturated carbocycles. The lowest BCUT2D eigenvalue weighted by molar-refractivity contribution is 0.326. The number of rotatable bonds is 7. The molecule has 1 aliphatic heterocycles. The number of epoxide rings is 1. The first-order chi connectivity index (χ1) is 9.19. The standard InChI is InChI=1S/C16H23ClO2/c1-4-11(9-16-14(5-2)19-16)13-10-12(17)7-8-15(13)18-6-3/h7-8,10-11,14,16H,4-6,9H2,1-3H3. The Morgan fingerprint density at radius 1 is 1.26 bits per heavy atom. The SMILES string of the molecule is CCOc1ccc(Cl)cc1C(CC)CC1OC1CC. The zero-order valence-corrected chi connectivity index (χ0v) is 12.7. The van der Waals surface area contributed by atoms with Crippen LogP contribution in [0.4, 0.5) is 0 Å². The quantitative estimate of drug-likeness (QED) is 0.670. The minimum absolute atomic E-state index is 0.420. The molecule has 0 bridgehead atoms. The summed E-state index contributed by atoms with van der Waals surface area (Å²) >= 11 is 6.14. The fourth-order valence-corrected chi connectivity index (χ4v) is 2.85. The average Bonchev–Trinajstić information content (AvgIpc) is 3.17. The van der Waals surface area contributed by atoms with Crippen LogP contribution < -0.4 is 4.74 Å². The van der Waals surface area contributed by atoms with Gasteiger partial charge >= 0.3 is 0 Å². The highest BCUT2D eigenvalue weighted by atomic mass is 35.5. The molecule has 0 spiro atoms. The Morgan fingerprint density at radius 2 is 2.05 bits per heavy atom. The van der Waals surface area contributed by atoms with Gasteiger partial charge in [-0.1, -0.05) is 25.4 Å². The van der Waals surface area contributed by atoms with Crippen LogP contribution in [0.3, 0.4) is 0 Å². The summed E-state index contributed by atoms with van der Waals surface area (Å²) in [6.45, 7) is 7.08. The maximum atomic E-state index is 6.14. The van der Waals surface area contributed by atoms with E-state index in [-0.39, 0.29) is 0 Å². The van der Waals surface area contributed by atoms with Crippen LogP contribution in [0.15, 0.2) is 18.2 Å². The summed E-state index contributed by atoms with van der Waals surface area (Å²) in [5, 5.41) is 0.778. The van der Waals surface area contributed by atoms with Gasteiger partial charge in [0.05, 0.1) is 18.8 Å². The second-order valence-electron chi connectivity index (χ2n) is 5.08. The Balaban J connectivity index is 2.14. The molecule has 1 heterocycles. The minimum Gasteiger partial charge on any atom is -0.494 e. The highest BCUT2D eigenvalue weighted by Gasteiger charge is 2.38. The third-order valence-corrected chi connectivity index (χ3v) is 4.05. The van der Waals surface area contributed by atoms with Crippen LogP contribution in [-0.4, -0.2) is 18.8 Å². The van der Waals surface area contributed by atoms with E-state index in [2.05, 4.69) is 13.8 Å². The van der Waals surface area contributed by atoms with Crippen molar-refractivity contribution in [3.63, 3.8) is 0 Å². The first-order valence-corrected chi connectivity index (χ1v) is 7.65. The van der Waals surface area contributed by atoms with Crippen molar-refractivity contribution in [1.82, 2.24) is 0 Å². The van der Waals surface area contributed by atoms with Gasteiger partial charge in [-0.05, 0) is 55.9 Å². The monoisotopic (exact) mass is 282 g/mol. The molecule has 1 aromatic rings. The zero-order valence-electron chi connectivity index (χ0n) is 12.0. The lowest BCUT2D eigenvalue weighted by Gasteiger charge is -2.18. The van der Waals surface area contributed by atoms with E-state index in [0.29, 0.717) is 24.7 Å². The molecule has 19 heavy (non-hydrogen) atoms. The van der Waals surface area contributed by atoms with Crippen LogP contribution in [0, 0.1) is 0 Å². The second kappa shape index (κ2) is 6.62. The minimum atomic E-state index is 0.420. The molecule has 0 amide bonds. The number of halogens is 1. The summed E-state index contributed by atoms with van der Waals surface area (Å²) in [7, 11) is 0. The predicted octanol–water partition coefficient (Wildman–Crippen LogP) is 4.80. The molecule has 1 fully saturated rings. The summed E-state index contributed by atoms with van der Waals surface area (Å²) in [5.74, 6) is 1.43. The van der Waals surface area contributed by atoms with E-state index in [9.17, 15) is 0 Å². The van der Waals surface area contributed by atoms with Crippen molar-refractivity contribution >= 4 is 11.6 Å². The lowest BCUT2D eigenvalue weighted by atomic mass is 9.90. The molecule has 0 aromatic heterocycles. The molecular weight excluding hydrogens is 260 g/mol. The zero-order chi connectivity index (χ0) is 13.8. The number of ether oxygens (including phenoxy) is 2. The van der Waals surface area contributed by atoms with Crippen molar-refractivity contribution in [3.8, 4) is 5.75 Å². The van der Waals surface area contributed by atoms with Gasteiger partial charge in [-0.15, -0.1) is 0 Å². The van der Waals surface area contributed by atoms with Crippen LogP contribution in [0.1, 0.15) is 51.5 Å². The van der Waals surface area contributed by atoms with E-state index in [1.807, 2.05) is 25.1 Å². The van der Waals surface area contributed by atoms with Crippen LogP contribution in [0.25, 0.3) is 0 Å². The molecule has 0 radical (unpaired) electrons. The van der Waals surface area contributed by atoms with Crippen molar-refractivity contribution in [3.05, 3.63) is 28.8 Å². The molecule has 0 aliphatic carbocycles. The van der Waals surface area contributed by atoms with E-state index >= 15 is 0 Å². The summed E-state index contributed by atoms with van der Waals surface area (Å²) in [4.78, 5) is 0. The number of hydrogen-bond acceptors (Lipinski definition) is 2. The Labute approximate surface area is 121 Å². The average molecular weight is 283 g/mol. The van der Waals surface area contributed by atoms with E-state index < -0.39 is 0 Å². The number of benzene rings is 1. The summed E-state index contributed by atoms with van der Waals surface area (Å²) in [6, 6.07) is 5.92. The molecule has 1 aliphatic rings. The predicted molar refractivity (Wildman–Crippen MR) is 79.2 cm³/mol. The largest absolute Gasteiger partial charge is 0.494 e. The van der Waals surface area contributed by atoms with Gasteiger partial charge < -0.3 is 9.47 Å². The van der Waals surface area contributed by atoms with E-state index in [0.717, 1.165) is 30.0 Å². The van der Waals surface area contributed by atoms with Gasteiger partial charge in [-0.2, -0.15) is 0 Å². The summed E-state index contributed by atoms with van der Waals surface area (Å²) in [5.41, 5.74) is 1.22. The third kappa shape index (κ3) is 3.64. The van der Waals surface area contributed by atoms with Gasteiger partial charge in [0.15, 0.2) is 0 Å². The smallest absolute Gasteiger partial charge is 0.122 e.